The fourth-order valence-corrected chi connectivity index (χ4v) is 1.88. The van der Waals surface area contributed by atoms with Gasteiger partial charge in [-0.2, -0.15) is 0 Å². The number of hydrogen-bond donors (Lipinski definition) is 0. The quantitative estimate of drug-likeness (QED) is 0.604. The highest BCUT2D eigenvalue weighted by atomic mass is 16.7. The van der Waals surface area contributed by atoms with Crippen LogP contribution in [0.2, 0.25) is 0 Å². The summed E-state index contributed by atoms with van der Waals surface area (Å²) in [6.07, 6.45) is 0.312. The van der Waals surface area contributed by atoms with E-state index in [0.717, 1.165) is 0 Å². The van der Waals surface area contributed by atoms with Crippen molar-refractivity contribution in [2.45, 2.75) is 40.1 Å². The third kappa shape index (κ3) is 1.64. The predicted octanol–water partition coefficient (Wildman–Crippen LogP) is 2.29. The SMILES string of the molecule is CO[C@H]1OC(C)[C@@H](C)[C@@H](C)C1C. The molecule has 1 rings (SSSR count). The minimum absolute atomic E-state index is 0.00815. The van der Waals surface area contributed by atoms with Gasteiger partial charge in [0.15, 0.2) is 6.29 Å². The lowest BCUT2D eigenvalue weighted by Gasteiger charge is -2.41. The summed E-state index contributed by atoms with van der Waals surface area (Å²) in [6, 6.07) is 0. The molecule has 0 spiro atoms. The Morgan fingerprint density at radius 2 is 1.50 bits per heavy atom. The summed E-state index contributed by atoms with van der Waals surface area (Å²) in [6.45, 7) is 8.85. The Morgan fingerprint density at radius 1 is 0.917 bits per heavy atom. The van der Waals surface area contributed by atoms with Gasteiger partial charge in [-0.1, -0.05) is 20.8 Å². The van der Waals surface area contributed by atoms with Crippen molar-refractivity contribution in [3.63, 3.8) is 0 Å². The standard InChI is InChI=1S/C10H20O2/c1-6-7(2)9(4)12-10(11-5)8(6)3/h6-10H,1-5H3/t6-,7+,8?,9?,10+/m1/s1. The van der Waals surface area contributed by atoms with Crippen molar-refractivity contribution in [3.8, 4) is 0 Å². The maximum absolute atomic E-state index is 5.71. The maximum Gasteiger partial charge on any atom is 0.160 e. The Morgan fingerprint density at radius 3 is 2.00 bits per heavy atom. The molecule has 0 radical (unpaired) electrons. The first-order chi connectivity index (χ1) is 5.57. The molecule has 0 N–H and O–H groups in total. The first-order valence-electron chi connectivity index (χ1n) is 4.76. The molecule has 0 saturated carbocycles. The fourth-order valence-electron chi connectivity index (χ4n) is 1.88. The smallest absolute Gasteiger partial charge is 0.160 e. The molecule has 1 aliphatic rings. The molecule has 1 fully saturated rings. The van der Waals surface area contributed by atoms with Crippen LogP contribution in [-0.4, -0.2) is 19.5 Å². The molecule has 0 aliphatic carbocycles. The molecule has 0 aromatic rings. The van der Waals surface area contributed by atoms with Crippen molar-refractivity contribution in [2.24, 2.45) is 17.8 Å². The summed E-state index contributed by atoms with van der Waals surface area (Å²) in [5, 5.41) is 0. The van der Waals surface area contributed by atoms with Gasteiger partial charge in [0.1, 0.15) is 0 Å². The van der Waals surface area contributed by atoms with Crippen LogP contribution >= 0.6 is 0 Å². The second kappa shape index (κ2) is 3.75. The highest BCUT2D eigenvalue weighted by Gasteiger charge is 2.36. The van der Waals surface area contributed by atoms with Crippen LogP contribution in [0.5, 0.6) is 0 Å². The monoisotopic (exact) mass is 172 g/mol. The topological polar surface area (TPSA) is 18.5 Å². The molecule has 2 unspecified atom stereocenters. The van der Waals surface area contributed by atoms with Gasteiger partial charge in [-0.25, -0.2) is 0 Å². The third-order valence-electron chi connectivity index (χ3n) is 3.41. The lowest BCUT2D eigenvalue weighted by atomic mass is 9.79. The summed E-state index contributed by atoms with van der Waals surface area (Å²) in [5.74, 6) is 1.81. The van der Waals surface area contributed by atoms with E-state index in [1.165, 1.54) is 0 Å². The van der Waals surface area contributed by atoms with Gasteiger partial charge in [-0.15, -0.1) is 0 Å². The summed E-state index contributed by atoms with van der Waals surface area (Å²) in [5.41, 5.74) is 0. The largest absolute Gasteiger partial charge is 0.356 e. The van der Waals surface area contributed by atoms with E-state index in [0.29, 0.717) is 23.9 Å². The van der Waals surface area contributed by atoms with E-state index in [4.69, 9.17) is 9.47 Å². The van der Waals surface area contributed by atoms with Crippen LogP contribution in [0.25, 0.3) is 0 Å². The lowest BCUT2D eigenvalue weighted by molar-refractivity contribution is -0.232. The van der Waals surface area contributed by atoms with Gasteiger partial charge < -0.3 is 9.47 Å². The Labute approximate surface area is 75.2 Å². The van der Waals surface area contributed by atoms with Crippen molar-refractivity contribution in [2.75, 3.05) is 7.11 Å². The number of ether oxygens (including phenoxy) is 2. The molecule has 12 heavy (non-hydrogen) atoms. The van der Waals surface area contributed by atoms with Crippen molar-refractivity contribution in [3.05, 3.63) is 0 Å². The Bertz CT molecular complexity index is 142. The molecule has 72 valence electrons. The molecule has 1 aliphatic heterocycles. The zero-order chi connectivity index (χ0) is 9.30. The highest BCUT2D eigenvalue weighted by molar-refractivity contribution is 4.80. The van der Waals surface area contributed by atoms with Gasteiger partial charge in [0, 0.05) is 13.0 Å². The second-order valence-electron chi connectivity index (χ2n) is 4.02. The molecule has 0 amide bonds. The molecular formula is C10H20O2. The molecule has 1 saturated heterocycles. The van der Waals surface area contributed by atoms with Gasteiger partial charge >= 0.3 is 0 Å². The number of methoxy groups -OCH3 is 1. The van der Waals surface area contributed by atoms with Crippen molar-refractivity contribution < 1.29 is 9.47 Å². The molecule has 0 aromatic carbocycles. The molecule has 2 heteroatoms. The molecule has 1 heterocycles. The molecule has 5 atom stereocenters. The summed E-state index contributed by atoms with van der Waals surface area (Å²) < 4.78 is 11.0. The van der Waals surface area contributed by atoms with Crippen molar-refractivity contribution in [1.29, 1.82) is 0 Å². The average Bonchev–Trinajstić information content (AvgIpc) is 2.08. The first kappa shape index (κ1) is 10.0. The van der Waals surface area contributed by atoms with E-state index in [-0.39, 0.29) is 6.29 Å². The maximum atomic E-state index is 5.71. The van der Waals surface area contributed by atoms with Crippen LogP contribution in [-0.2, 0) is 9.47 Å². The second-order valence-corrected chi connectivity index (χ2v) is 4.02. The van der Waals surface area contributed by atoms with Gasteiger partial charge in [0.25, 0.3) is 0 Å². The van der Waals surface area contributed by atoms with E-state index in [1.807, 2.05) is 0 Å². The lowest BCUT2D eigenvalue weighted by Crippen LogP contribution is -2.44. The van der Waals surface area contributed by atoms with Crippen molar-refractivity contribution >= 4 is 0 Å². The third-order valence-corrected chi connectivity index (χ3v) is 3.41. The van der Waals surface area contributed by atoms with E-state index in [9.17, 15) is 0 Å². The normalized spacial score (nSPS) is 49.2. The van der Waals surface area contributed by atoms with Gasteiger partial charge in [0.2, 0.25) is 0 Å². The van der Waals surface area contributed by atoms with Crippen LogP contribution < -0.4 is 0 Å². The van der Waals surface area contributed by atoms with Crippen LogP contribution in [0.1, 0.15) is 27.7 Å². The van der Waals surface area contributed by atoms with Crippen molar-refractivity contribution in [1.82, 2.24) is 0 Å². The fraction of sp³-hybridized carbons (Fsp3) is 1.00. The van der Waals surface area contributed by atoms with Crippen LogP contribution in [0.3, 0.4) is 0 Å². The zero-order valence-corrected chi connectivity index (χ0v) is 8.70. The summed E-state index contributed by atoms with van der Waals surface area (Å²) >= 11 is 0. The Hall–Kier alpha value is -0.0800. The van der Waals surface area contributed by atoms with Crippen LogP contribution in [0.4, 0.5) is 0 Å². The van der Waals surface area contributed by atoms with Crippen LogP contribution in [0.15, 0.2) is 0 Å². The summed E-state index contributed by atoms with van der Waals surface area (Å²) in [7, 11) is 1.72. The van der Waals surface area contributed by atoms with E-state index in [2.05, 4.69) is 27.7 Å². The Balaban J connectivity index is 2.63. The van der Waals surface area contributed by atoms with Crippen LogP contribution in [0, 0.1) is 17.8 Å². The molecule has 0 bridgehead atoms. The minimum atomic E-state index is -0.00815. The average molecular weight is 172 g/mol. The highest BCUT2D eigenvalue weighted by Crippen LogP contribution is 2.34. The zero-order valence-electron chi connectivity index (χ0n) is 8.70. The minimum Gasteiger partial charge on any atom is -0.356 e. The van der Waals surface area contributed by atoms with Gasteiger partial charge in [-0.3, -0.25) is 0 Å². The Kier molecular flexibility index (Phi) is 3.13. The number of rotatable bonds is 1. The molecule has 0 aromatic heterocycles. The van der Waals surface area contributed by atoms with E-state index in [1.54, 1.807) is 7.11 Å². The van der Waals surface area contributed by atoms with E-state index < -0.39 is 0 Å². The molecular weight excluding hydrogens is 152 g/mol. The predicted molar refractivity (Wildman–Crippen MR) is 48.8 cm³/mol. The van der Waals surface area contributed by atoms with E-state index >= 15 is 0 Å². The number of hydrogen-bond acceptors (Lipinski definition) is 2. The first-order valence-corrected chi connectivity index (χ1v) is 4.76. The van der Waals surface area contributed by atoms with Gasteiger partial charge in [-0.05, 0) is 18.8 Å². The summed E-state index contributed by atoms with van der Waals surface area (Å²) in [4.78, 5) is 0. The molecule has 2 nitrogen and oxygen atoms in total. The van der Waals surface area contributed by atoms with Gasteiger partial charge in [0.05, 0.1) is 6.10 Å².